The van der Waals surface area contributed by atoms with Crippen LogP contribution in [0.5, 0.6) is 5.88 Å². The standard InChI is InChI=1S/C16H25N3O/c1-11(2)19-10-12(3)4-8-15(19)14-7-9-16(18-17-14)20-13-5-6-13/h7,9,11-13,15H,4-6,8,10H2,1-3H3/t12-,15+/m0/s1. The van der Waals surface area contributed by atoms with Gasteiger partial charge in [-0.3, -0.25) is 4.90 Å². The number of nitrogens with zero attached hydrogens (tertiary/aromatic N) is 3. The molecule has 4 nitrogen and oxygen atoms in total. The van der Waals surface area contributed by atoms with Crippen molar-refractivity contribution in [1.82, 2.24) is 15.1 Å². The molecule has 0 aromatic carbocycles. The van der Waals surface area contributed by atoms with E-state index in [1.165, 1.54) is 12.8 Å². The summed E-state index contributed by atoms with van der Waals surface area (Å²) in [7, 11) is 0. The average Bonchev–Trinajstić information content (AvgIpc) is 3.24. The van der Waals surface area contributed by atoms with Crippen LogP contribution in [0, 0.1) is 5.92 Å². The second-order valence-corrected chi connectivity index (χ2v) is 6.60. The molecular weight excluding hydrogens is 250 g/mol. The van der Waals surface area contributed by atoms with Crippen LogP contribution in [0.15, 0.2) is 12.1 Å². The van der Waals surface area contributed by atoms with Gasteiger partial charge in [0.05, 0.1) is 11.7 Å². The van der Waals surface area contributed by atoms with E-state index in [-0.39, 0.29) is 0 Å². The molecular formula is C16H25N3O. The maximum absolute atomic E-state index is 5.67. The summed E-state index contributed by atoms with van der Waals surface area (Å²) < 4.78 is 5.67. The molecule has 2 heterocycles. The monoisotopic (exact) mass is 275 g/mol. The summed E-state index contributed by atoms with van der Waals surface area (Å²) in [6.45, 7) is 8.03. The van der Waals surface area contributed by atoms with Gasteiger partial charge in [-0.05, 0) is 51.5 Å². The van der Waals surface area contributed by atoms with Crippen LogP contribution in [0.2, 0.25) is 0 Å². The molecule has 0 N–H and O–H groups in total. The summed E-state index contributed by atoms with van der Waals surface area (Å²) in [6, 6.07) is 5.04. The van der Waals surface area contributed by atoms with E-state index in [2.05, 4.69) is 41.9 Å². The fourth-order valence-electron chi connectivity index (χ4n) is 3.00. The van der Waals surface area contributed by atoms with Crippen molar-refractivity contribution in [2.75, 3.05) is 6.54 Å². The minimum atomic E-state index is 0.387. The number of likely N-dealkylation sites (tertiary alicyclic amines) is 1. The summed E-state index contributed by atoms with van der Waals surface area (Å²) in [4.78, 5) is 2.56. The summed E-state index contributed by atoms with van der Waals surface area (Å²) >= 11 is 0. The van der Waals surface area contributed by atoms with Crippen molar-refractivity contribution in [3.63, 3.8) is 0 Å². The zero-order valence-electron chi connectivity index (χ0n) is 12.7. The lowest BCUT2D eigenvalue weighted by Crippen LogP contribution is -2.42. The van der Waals surface area contributed by atoms with Gasteiger partial charge in [0.25, 0.3) is 0 Å². The molecule has 1 aromatic rings. The van der Waals surface area contributed by atoms with E-state index in [1.807, 2.05) is 6.07 Å². The fraction of sp³-hybridized carbons (Fsp3) is 0.750. The van der Waals surface area contributed by atoms with E-state index in [1.54, 1.807) is 0 Å². The average molecular weight is 275 g/mol. The minimum Gasteiger partial charge on any atom is -0.473 e. The minimum absolute atomic E-state index is 0.387. The van der Waals surface area contributed by atoms with E-state index in [9.17, 15) is 0 Å². The van der Waals surface area contributed by atoms with E-state index in [4.69, 9.17) is 4.74 Å². The molecule has 2 aliphatic rings. The van der Waals surface area contributed by atoms with Crippen molar-refractivity contribution in [2.24, 2.45) is 5.92 Å². The Labute approximate surface area is 121 Å². The van der Waals surface area contributed by atoms with Crippen molar-refractivity contribution in [3.05, 3.63) is 17.8 Å². The van der Waals surface area contributed by atoms with Crippen molar-refractivity contribution in [2.45, 2.75) is 64.6 Å². The first-order chi connectivity index (χ1) is 9.63. The topological polar surface area (TPSA) is 38.2 Å². The van der Waals surface area contributed by atoms with Crippen LogP contribution in [-0.2, 0) is 0 Å². The highest BCUT2D eigenvalue weighted by Gasteiger charge is 2.30. The van der Waals surface area contributed by atoms with Crippen LogP contribution < -0.4 is 4.74 Å². The molecule has 0 bridgehead atoms. The SMILES string of the molecule is CC(C)N1C[C@@H](C)CC[C@@H]1c1ccc(OC2CC2)nn1. The second-order valence-electron chi connectivity index (χ2n) is 6.60. The molecule has 1 saturated heterocycles. The smallest absolute Gasteiger partial charge is 0.233 e. The molecule has 2 fully saturated rings. The van der Waals surface area contributed by atoms with Crippen molar-refractivity contribution < 1.29 is 4.74 Å². The molecule has 1 saturated carbocycles. The van der Waals surface area contributed by atoms with E-state index < -0.39 is 0 Å². The number of piperidine rings is 1. The predicted octanol–water partition coefficient (Wildman–Crippen LogP) is 3.20. The quantitative estimate of drug-likeness (QED) is 0.846. The van der Waals surface area contributed by atoms with Crippen LogP contribution in [0.3, 0.4) is 0 Å². The van der Waals surface area contributed by atoms with Gasteiger partial charge in [-0.25, -0.2) is 0 Å². The molecule has 110 valence electrons. The normalized spacial score (nSPS) is 27.8. The molecule has 0 amide bonds. The lowest BCUT2D eigenvalue weighted by molar-refractivity contribution is 0.0787. The molecule has 4 heteroatoms. The second kappa shape index (κ2) is 5.68. The number of rotatable bonds is 4. The fourth-order valence-corrected chi connectivity index (χ4v) is 3.00. The van der Waals surface area contributed by atoms with Gasteiger partial charge in [-0.1, -0.05) is 6.92 Å². The summed E-state index contributed by atoms with van der Waals surface area (Å²) in [5.41, 5.74) is 1.09. The molecule has 0 unspecified atom stereocenters. The first-order valence-corrected chi connectivity index (χ1v) is 7.89. The molecule has 1 aliphatic heterocycles. The maximum atomic E-state index is 5.67. The van der Waals surface area contributed by atoms with Crippen molar-refractivity contribution >= 4 is 0 Å². The third-order valence-corrected chi connectivity index (χ3v) is 4.33. The third-order valence-electron chi connectivity index (χ3n) is 4.33. The number of ether oxygens (including phenoxy) is 1. The van der Waals surface area contributed by atoms with Gasteiger partial charge in [0, 0.05) is 18.7 Å². The Morgan fingerprint density at radius 3 is 2.55 bits per heavy atom. The van der Waals surface area contributed by atoms with Crippen LogP contribution in [0.4, 0.5) is 0 Å². The molecule has 1 aliphatic carbocycles. The predicted molar refractivity (Wildman–Crippen MR) is 78.7 cm³/mol. The van der Waals surface area contributed by atoms with Gasteiger partial charge in [-0.2, -0.15) is 5.10 Å². The van der Waals surface area contributed by atoms with Gasteiger partial charge >= 0.3 is 0 Å². The van der Waals surface area contributed by atoms with Crippen molar-refractivity contribution in [3.8, 4) is 5.88 Å². The Morgan fingerprint density at radius 2 is 1.95 bits per heavy atom. The van der Waals surface area contributed by atoms with Crippen LogP contribution in [-0.4, -0.2) is 33.8 Å². The molecule has 1 aromatic heterocycles. The van der Waals surface area contributed by atoms with Gasteiger partial charge in [-0.15, -0.1) is 5.10 Å². The molecule has 2 atom stereocenters. The van der Waals surface area contributed by atoms with Gasteiger partial charge in [0.15, 0.2) is 0 Å². The Morgan fingerprint density at radius 1 is 1.15 bits per heavy atom. The zero-order valence-corrected chi connectivity index (χ0v) is 12.7. The van der Waals surface area contributed by atoms with Gasteiger partial charge in [0.1, 0.15) is 6.10 Å². The van der Waals surface area contributed by atoms with E-state index >= 15 is 0 Å². The highest BCUT2D eigenvalue weighted by molar-refractivity contribution is 5.16. The first kappa shape index (κ1) is 13.8. The first-order valence-electron chi connectivity index (χ1n) is 7.89. The Bertz CT molecular complexity index is 442. The number of hydrogen-bond donors (Lipinski definition) is 0. The molecule has 3 rings (SSSR count). The molecule has 0 spiro atoms. The van der Waals surface area contributed by atoms with Gasteiger partial charge < -0.3 is 4.74 Å². The lowest BCUT2D eigenvalue weighted by Gasteiger charge is -2.40. The van der Waals surface area contributed by atoms with Crippen molar-refractivity contribution in [1.29, 1.82) is 0 Å². The van der Waals surface area contributed by atoms with E-state index in [0.29, 0.717) is 24.1 Å². The lowest BCUT2D eigenvalue weighted by atomic mass is 9.91. The highest BCUT2D eigenvalue weighted by Crippen LogP contribution is 2.34. The molecule has 0 radical (unpaired) electrons. The van der Waals surface area contributed by atoms with E-state index in [0.717, 1.165) is 31.0 Å². The van der Waals surface area contributed by atoms with Gasteiger partial charge in [0.2, 0.25) is 5.88 Å². The number of hydrogen-bond acceptors (Lipinski definition) is 4. The van der Waals surface area contributed by atoms with Crippen LogP contribution >= 0.6 is 0 Å². The maximum Gasteiger partial charge on any atom is 0.233 e. The summed E-state index contributed by atoms with van der Waals surface area (Å²) in [5, 5.41) is 8.67. The number of aromatic nitrogens is 2. The Balaban J connectivity index is 1.72. The zero-order chi connectivity index (χ0) is 14.1. The third kappa shape index (κ3) is 3.11. The largest absolute Gasteiger partial charge is 0.473 e. The molecule has 20 heavy (non-hydrogen) atoms. The highest BCUT2D eigenvalue weighted by atomic mass is 16.5. The van der Waals surface area contributed by atoms with Crippen LogP contribution in [0.25, 0.3) is 0 Å². The summed E-state index contributed by atoms with van der Waals surface area (Å²) in [6.07, 6.45) is 5.15. The Hall–Kier alpha value is -1.16. The summed E-state index contributed by atoms with van der Waals surface area (Å²) in [5.74, 6) is 1.45. The van der Waals surface area contributed by atoms with Crippen LogP contribution in [0.1, 0.15) is 58.2 Å². The Kier molecular flexibility index (Phi) is 3.92.